The molecule has 2 N–H and O–H groups in total. The van der Waals surface area contributed by atoms with Crippen molar-refractivity contribution in [1.82, 2.24) is 0 Å². The smallest absolute Gasteiger partial charge is 0.00819 e. The minimum Gasteiger partial charge on any atom is -0.327 e. The van der Waals surface area contributed by atoms with E-state index in [0.717, 1.165) is 12.3 Å². The van der Waals surface area contributed by atoms with Crippen molar-refractivity contribution in [3.63, 3.8) is 0 Å². The predicted octanol–water partition coefficient (Wildman–Crippen LogP) is 3.06. The molecule has 0 radical (unpaired) electrons. The van der Waals surface area contributed by atoms with Crippen LogP contribution < -0.4 is 5.73 Å². The molecule has 1 saturated carbocycles. The third-order valence-electron chi connectivity index (χ3n) is 3.44. The quantitative estimate of drug-likeness (QED) is 0.799. The first kappa shape index (κ1) is 10.7. The van der Waals surface area contributed by atoms with E-state index in [1.165, 1.54) is 36.8 Å². The van der Waals surface area contributed by atoms with Crippen LogP contribution in [0.4, 0.5) is 0 Å². The molecule has 82 valence electrons. The highest BCUT2D eigenvalue weighted by molar-refractivity contribution is 5.22. The lowest BCUT2D eigenvalue weighted by molar-refractivity contribution is 0.275. The van der Waals surface area contributed by atoms with Gasteiger partial charge in [-0.05, 0) is 31.2 Å². The normalized spacial score (nSPS) is 18.5. The van der Waals surface area contributed by atoms with Crippen LogP contribution in [-0.4, -0.2) is 6.04 Å². The maximum atomic E-state index is 6.17. The second-order valence-electron chi connectivity index (χ2n) is 4.99. The molecule has 0 heterocycles. The lowest BCUT2D eigenvalue weighted by Gasteiger charge is -2.28. The molecule has 0 amide bonds. The summed E-state index contributed by atoms with van der Waals surface area (Å²) in [6, 6.07) is 9.06. The molecule has 1 aliphatic rings. The molecule has 1 unspecified atom stereocenters. The highest BCUT2D eigenvalue weighted by Gasteiger charge is 2.20. The Morgan fingerprint density at radius 2 is 2.20 bits per heavy atom. The van der Waals surface area contributed by atoms with Gasteiger partial charge in [-0.25, -0.2) is 0 Å². The third kappa shape index (κ3) is 3.07. The molecule has 1 aliphatic carbocycles. The number of hydrogen-bond donors (Lipinski definition) is 1. The fourth-order valence-electron chi connectivity index (χ4n) is 2.38. The van der Waals surface area contributed by atoms with Crippen LogP contribution in [0.25, 0.3) is 0 Å². The van der Waals surface area contributed by atoms with E-state index in [-0.39, 0.29) is 0 Å². The van der Waals surface area contributed by atoms with Gasteiger partial charge in [0, 0.05) is 6.04 Å². The van der Waals surface area contributed by atoms with Crippen LogP contribution in [0, 0.1) is 12.8 Å². The van der Waals surface area contributed by atoms with Crippen LogP contribution in [0.3, 0.4) is 0 Å². The van der Waals surface area contributed by atoms with E-state index < -0.39 is 0 Å². The maximum absolute atomic E-state index is 6.17. The Hall–Kier alpha value is -0.820. The van der Waals surface area contributed by atoms with Gasteiger partial charge in [-0.1, -0.05) is 49.1 Å². The fraction of sp³-hybridized carbons (Fsp3) is 0.571. The van der Waals surface area contributed by atoms with Gasteiger partial charge in [0.2, 0.25) is 0 Å². The molecule has 1 nitrogen and oxygen atoms in total. The maximum Gasteiger partial charge on any atom is 0.00819 e. The van der Waals surface area contributed by atoms with Crippen molar-refractivity contribution in [3.05, 3.63) is 35.4 Å². The summed E-state index contributed by atoms with van der Waals surface area (Å²) in [6.07, 6.45) is 6.48. The highest BCUT2D eigenvalue weighted by atomic mass is 14.6. The number of aryl methyl sites for hydroxylation is 1. The zero-order valence-electron chi connectivity index (χ0n) is 9.58. The largest absolute Gasteiger partial charge is 0.327 e. The van der Waals surface area contributed by atoms with Crippen LogP contribution in [0.2, 0.25) is 0 Å². The average Bonchev–Trinajstić information content (AvgIpc) is 2.11. The molecule has 0 bridgehead atoms. The zero-order valence-corrected chi connectivity index (χ0v) is 9.58. The molecule has 0 saturated heterocycles. The van der Waals surface area contributed by atoms with Crippen molar-refractivity contribution in [2.45, 2.75) is 45.1 Å². The molecular formula is C14H21N. The van der Waals surface area contributed by atoms with E-state index in [1.807, 2.05) is 0 Å². The van der Waals surface area contributed by atoms with Crippen LogP contribution in [0.1, 0.15) is 36.8 Å². The topological polar surface area (TPSA) is 26.0 Å². The summed E-state index contributed by atoms with van der Waals surface area (Å²) < 4.78 is 0. The number of nitrogens with two attached hydrogens (primary N) is 1. The summed E-state index contributed by atoms with van der Waals surface area (Å²) in [5, 5.41) is 0. The number of benzene rings is 1. The average molecular weight is 203 g/mol. The first-order valence-corrected chi connectivity index (χ1v) is 6.05. The molecule has 1 atom stereocenters. The standard InChI is InChI=1S/C14H21N/c1-11-4-2-7-13(8-11)10-14(15)9-12-5-3-6-12/h2,4,7-8,12,14H,3,5-6,9-10,15H2,1H3. The first-order chi connectivity index (χ1) is 7.24. The molecule has 1 heteroatoms. The van der Waals surface area contributed by atoms with Gasteiger partial charge in [-0.3, -0.25) is 0 Å². The van der Waals surface area contributed by atoms with Crippen molar-refractivity contribution in [3.8, 4) is 0 Å². The summed E-state index contributed by atoms with van der Waals surface area (Å²) in [5.41, 5.74) is 8.89. The molecule has 2 rings (SSSR count). The van der Waals surface area contributed by atoms with Crippen molar-refractivity contribution in [2.75, 3.05) is 0 Å². The Bertz CT molecular complexity index is 315. The minimum atomic E-state index is 0.358. The van der Waals surface area contributed by atoms with Gasteiger partial charge >= 0.3 is 0 Å². The van der Waals surface area contributed by atoms with Crippen molar-refractivity contribution in [1.29, 1.82) is 0 Å². The van der Waals surface area contributed by atoms with E-state index in [1.54, 1.807) is 0 Å². The summed E-state index contributed by atoms with van der Waals surface area (Å²) >= 11 is 0. The summed E-state index contributed by atoms with van der Waals surface area (Å²) in [7, 11) is 0. The monoisotopic (exact) mass is 203 g/mol. The van der Waals surface area contributed by atoms with Gasteiger partial charge in [0.15, 0.2) is 0 Å². The number of rotatable bonds is 4. The molecule has 1 fully saturated rings. The Morgan fingerprint density at radius 3 is 2.80 bits per heavy atom. The van der Waals surface area contributed by atoms with Gasteiger partial charge < -0.3 is 5.73 Å². The molecule has 0 aliphatic heterocycles. The predicted molar refractivity (Wildman–Crippen MR) is 64.8 cm³/mol. The summed E-state index contributed by atoms with van der Waals surface area (Å²) in [6.45, 7) is 2.14. The van der Waals surface area contributed by atoms with Gasteiger partial charge in [-0.15, -0.1) is 0 Å². The number of hydrogen-bond acceptors (Lipinski definition) is 1. The van der Waals surface area contributed by atoms with E-state index in [0.29, 0.717) is 6.04 Å². The molecule has 15 heavy (non-hydrogen) atoms. The molecule has 1 aromatic carbocycles. The second-order valence-corrected chi connectivity index (χ2v) is 4.99. The lowest BCUT2D eigenvalue weighted by Crippen LogP contribution is -2.28. The molecule has 0 aromatic heterocycles. The van der Waals surface area contributed by atoms with Crippen molar-refractivity contribution >= 4 is 0 Å². The van der Waals surface area contributed by atoms with Crippen LogP contribution >= 0.6 is 0 Å². The Balaban J connectivity index is 1.84. The lowest BCUT2D eigenvalue weighted by atomic mass is 9.80. The van der Waals surface area contributed by atoms with Gasteiger partial charge in [0.05, 0.1) is 0 Å². The van der Waals surface area contributed by atoms with Crippen molar-refractivity contribution in [2.24, 2.45) is 11.7 Å². The van der Waals surface area contributed by atoms with Gasteiger partial charge in [0.25, 0.3) is 0 Å². The van der Waals surface area contributed by atoms with Crippen LogP contribution in [-0.2, 0) is 6.42 Å². The minimum absolute atomic E-state index is 0.358. The molecular weight excluding hydrogens is 182 g/mol. The Labute approximate surface area is 92.7 Å². The molecule has 1 aromatic rings. The van der Waals surface area contributed by atoms with E-state index >= 15 is 0 Å². The van der Waals surface area contributed by atoms with Gasteiger partial charge in [-0.2, -0.15) is 0 Å². The SMILES string of the molecule is Cc1cccc(CC(N)CC2CCC2)c1. The Morgan fingerprint density at radius 1 is 1.40 bits per heavy atom. The van der Waals surface area contributed by atoms with Crippen molar-refractivity contribution < 1.29 is 0 Å². The van der Waals surface area contributed by atoms with Crippen LogP contribution in [0.5, 0.6) is 0 Å². The summed E-state index contributed by atoms with van der Waals surface area (Å²) in [4.78, 5) is 0. The van der Waals surface area contributed by atoms with E-state index in [4.69, 9.17) is 5.73 Å². The second kappa shape index (κ2) is 4.80. The zero-order chi connectivity index (χ0) is 10.7. The van der Waals surface area contributed by atoms with Crippen LogP contribution in [0.15, 0.2) is 24.3 Å². The van der Waals surface area contributed by atoms with E-state index in [2.05, 4.69) is 31.2 Å². The molecule has 0 spiro atoms. The van der Waals surface area contributed by atoms with Gasteiger partial charge in [0.1, 0.15) is 0 Å². The van der Waals surface area contributed by atoms with E-state index in [9.17, 15) is 0 Å². The first-order valence-electron chi connectivity index (χ1n) is 6.05. The highest BCUT2D eigenvalue weighted by Crippen LogP contribution is 2.30. The summed E-state index contributed by atoms with van der Waals surface area (Å²) in [5.74, 6) is 0.921. The Kier molecular flexibility index (Phi) is 3.42. The fourth-order valence-corrected chi connectivity index (χ4v) is 2.38. The third-order valence-corrected chi connectivity index (χ3v) is 3.44.